The van der Waals surface area contributed by atoms with Gasteiger partial charge in [-0.1, -0.05) is 23.2 Å². The van der Waals surface area contributed by atoms with E-state index in [-0.39, 0.29) is 11.6 Å². The Hall–Kier alpha value is -1.85. The van der Waals surface area contributed by atoms with E-state index in [4.69, 9.17) is 23.2 Å². The van der Waals surface area contributed by atoms with Crippen molar-refractivity contribution in [2.24, 2.45) is 0 Å². The van der Waals surface area contributed by atoms with Crippen LogP contribution in [0.2, 0.25) is 10.0 Å². The van der Waals surface area contributed by atoms with Gasteiger partial charge in [0.25, 0.3) is 5.91 Å². The monoisotopic (exact) mass is 322 g/mol. The van der Waals surface area contributed by atoms with E-state index in [0.29, 0.717) is 27.6 Å². The number of hydrogen-bond acceptors (Lipinski definition) is 4. The van der Waals surface area contributed by atoms with Crippen LogP contribution >= 0.6 is 23.2 Å². The Balaban J connectivity index is 1.69. The van der Waals surface area contributed by atoms with Crippen molar-refractivity contribution in [3.63, 3.8) is 0 Å². The second kappa shape index (κ2) is 5.87. The summed E-state index contributed by atoms with van der Waals surface area (Å²) >= 11 is 11.8. The van der Waals surface area contributed by atoms with E-state index >= 15 is 0 Å². The highest BCUT2D eigenvalue weighted by atomic mass is 35.5. The summed E-state index contributed by atoms with van der Waals surface area (Å²) in [6, 6.07) is 8.70. The van der Waals surface area contributed by atoms with Crippen molar-refractivity contribution in [1.82, 2.24) is 10.2 Å². The number of hydrogen-bond donors (Lipinski definition) is 2. The molecule has 7 heteroatoms. The van der Waals surface area contributed by atoms with Gasteiger partial charge in [-0.05, 0) is 43.2 Å². The topological polar surface area (TPSA) is 66.9 Å². The van der Waals surface area contributed by atoms with Gasteiger partial charge >= 0.3 is 0 Å². The van der Waals surface area contributed by atoms with Gasteiger partial charge in [0.15, 0.2) is 5.69 Å². The van der Waals surface area contributed by atoms with Gasteiger partial charge < -0.3 is 10.6 Å². The number of benzene rings is 1. The van der Waals surface area contributed by atoms with Crippen molar-refractivity contribution >= 4 is 40.6 Å². The summed E-state index contributed by atoms with van der Waals surface area (Å²) in [4.78, 5) is 12.1. The third-order valence-corrected chi connectivity index (χ3v) is 3.55. The van der Waals surface area contributed by atoms with Crippen LogP contribution in [0.5, 0.6) is 0 Å². The summed E-state index contributed by atoms with van der Waals surface area (Å²) < 4.78 is 0. The summed E-state index contributed by atoms with van der Waals surface area (Å²) in [5.41, 5.74) is 0.704. The lowest BCUT2D eigenvalue weighted by molar-refractivity contribution is 0.102. The fourth-order valence-corrected chi connectivity index (χ4v) is 2.20. The van der Waals surface area contributed by atoms with E-state index in [1.165, 1.54) is 0 Å². The first-order chi connectivity index (χ1) is 10.1. The second-order valence-corrected chi connectivity index (χ2v) is 5.64. The minimum atomic E-state index is -0.371. The Morgan fingerprint density at radius 2 is 1.95 bits per heavy atom. The molecule has 1 fully saturated rings. The van der Waals surface area contributed by atoms with Crippen molar-refractivity contribution in [3.8, 4) is 0 Å². The number of anilines is 2. The van der Waals surface area contributed by atoms with Gasteiger partial charge in [0.05, 0.1) is 10.7 Å². The maximum absolute atomic E-state index is 12.1. The fraction of sp³-hybridized carbons (Fsp3) is 0.214. The number of nitrogens with zero attached hydrogens (tertiary/aromatic N) is 2. The summed E-state index contributed by atoms with van der Waals surface area (Å²) in [7, 11) is 0. The van der Waals surface area contributed by atoms with Gasteiger partial charge in [0, 0.05) is 11.1 Å². The van der Waals surface area contributed by atoms with Crippen molar-refractivity contribution in [3.05, 3.63) is 46.1 Å². The molecule has 1 saturated carbocycles. The highest BCUT2D eigenvalue weighted by molar-refractivity contribution is 6.36. The van der Waals surface area contributed by atoms with Crippen LogP contribution in [0.4, 0.5) is 11.5 Å². The third kappa shape index (κ3) is 3.62. The zero-order valence-corrected chi connectivity index (χ0v) is 12.4. The number of nitrogens with one attached hydrogen (secondary N) is 2. The highest BCUT2D eigenvalue weighted by Gasteiger charge is 2.21. The molecule has 5 nitrogen and oxygen atoms in total. The number of amides is 1. The van der Waals surface area contributed by atoms with Crippen LogP contribution in [-0.4, -0.2) is 22.1 Å². The Labute approximate surface area is 131 Å². The second-order valence-electron chi connectivity index (χ2n) is 4.80. The first-order valence-corrected chi connectivity index (χ1v) is 7.24. The molecule has 108 valence electrons. The summed E-state index contributed by atoms with van der Waals surface area (Å²) in [5, 5.41) is 14.6. The minimum absolute atomic E-state index is 0.224. The summed E-state index contributed by atoms with van der Waals surface area (Å²) in [6.45, 7) is 0. The molecule has 3 rings (SSSR count). The maximum atomic E-state index is 12.1. The molecule has 2 N–H and O–H groups in total. The zero-order chi connectivity index (χ0) is 14.8. The van der Waals surface area contributed by atoms with Crippen LogP contribution in [0.3, 0.4) is 0 Å². The third-order valence-electron chi connectivity index (χ3n) is 3.01. The van der Waals surface area contributed by atoms with E-state index < -0.39 is 0 Å². The molecule has 1 aliphatic rings. The van der Waals surface area contributed by atoms with E-state index in [1.807, 2.05) is 0 Å². The molecule has 1 amide bonds. The maximum Gasteiger partial charge on any atom is 0.276 e. The van der Waals surface area contributed by atoms with Crippen molar-refractivity contribution < 1.29 is 4.79 Å². The normalized spacial score (nSPS) is 13.8. The first kappa shape index (κ1) is 14.1. The zero-order valence-electron chi connectivity index (χ0n) is 10.9. The fourth-order valence-electron chi connectivity index (χ4n) is 1.74. The van der Waals surface area contributed by atoms with Crippen molar-refractivity contribution in [1.29, 1.82) is 0 Å². The smallest absolute Gasteiger partial charge is 0.276 e. The van der Waals surface area contributed by atoms with E-state index in [9.17, 15) is 4.79 Å². The average Bonchev–Trinajstić information content (AvgIpc) is 3.26. The van der Waals surface area contributed by atoms with Crippen LogP contribution < -0.4 is 10.6 Å². The minimum Gasteiger partial charge on any atom is -0.366 e. The molecule has 2 aromatic rings. The standard InChI is InChI=1S/C14H12Cl2N4O/c15-8-1-4-11(10(16)7-8)18-14(21)12-5-6-13(20-19-12)17-9-2-3-9/h1,4-7,9H,2-3H2,(H,17,20)(H,18,21). The summed E-state index contributed by atoms with van der Waals surface area (Å²) in [5.74, 6) is 0.309. The molecule has 0 bridgehead atoms. The molecule has 0 radical (unpaired) electrons. The molecule has 0 spiro atoms. The summed E-state index contributed by atoms with van der Waals surface area (Å²) in [6.07, 6.45) is 2.30. The molecule has 1 aromatic carbocycles. The van der Waals surface area contributed by atoms with Crippen LogP contribution in [-0.2, 0) is 0 Å². The van der Waals surface area contributed by atoms with Crippen molar-refractivity contribution in [2.75, 3.05) is 10.6 Å². The van der Waals surface area contributed by atoms with E-state index in [1.54, 1.807) is 30.3 Å². The SMILES string of the molecule is O=C(Nc1ccc(Cl)cc1Cl)c1ccc(NC2CC2)nn1. The van der Waals surface area contributed by atoms with Gasteiger partial charge in [-0.25, -0.2) is 0 Å². The molecule has 21 heavy (non-hydrogen) atoms. The van der Waals surface area contributed by atoms with E-state index in [0.717, 1.165) is 12.8 Å². The van der Waals surface area contributed by atoms with Crippen LogP contribution in [0.15, 0.2) is 30.3 Å². The predicted octanol–water partition coefficient (Wildman–Crippen LogP) is 3.61. The molecular weight excluding hydrogens is 311 g/mol. The Morgan fingerprint density at radius 1 is 1.14 bits per heavy atom. The van der Waals surface area contributed by atoms with Gasteiger partial charge in [-0.2, -0.15) is 0 Å². The van der Waals surface area contributed by atoms with Crippen LogP contribution in [0.25, 0.3) is 0 Å². The Kier molecular flexibility index (Phi) is 3.94. The lowest BCUT2D eigenvalue weighted by Gasteiger charge is -2.07. The van der Waals surface area contributed by atoms with Gasteiger partial charge in [0.2, 0.25) is 0 Å². The quantitative estimate of drug-likeness (QED) is 0.902. The molecule has 1 aliphatic carbocycles. The number of carbonyl (C=O) groups is 1. The first-order valence-electron chi connectivity index (χ1n) is 6.48. The number of rotatable bonds is 4. The number of carbonyl (C=O) groups excluding carboxylic acids is 1. The van der Waals surface area contributed by atoms with Gasteiger partial charge in [0.1, 0.15) is 5.82 Å². The number of aromatic nitrogens is 2. The van der Waals surface area contributed by atoms with Gasteiger partial charge in [-0.3, -0.25) is 4.79 Å². The van der Waals surface area contributed by atoms with Crippen LogP contribution in [0.1, 0.15) is 23.3 Å². The van der Waals surface area contributed by atoms with Crippen molar-refractivity contribution in [2.45, 2.75) is 18.9 Å². The molecule has 0 atom stereocenters. The Morgan fingerprint density at radius 3 is 2.57 bits per heavy atom. The molecule has 1 aromatic heterocycles. The number of halogens is 2. The van der Waals surface area contributed by atoms with Crippen LogP contribution in [0, 0.1) is 0 Å². The average molecular weight is 323 g/mol. The van der Waals surface area contributed by atoms with E-state index in [2.05, 4.69) is 20.8 Å². The highest BCUT2D eigenvalue weighted by Crippen LogP contribution is 2.26. The molecule has 0 saturated heterocycles. The molecule has 0 unspecified atom stereocenters. The Bertz CT molecular complexity index is 671. The van der Waals surface area contributed by atoms with Gasteiger partial charge in [-0.15, -0.1) is 10.2 Å². The largest absolute Gasteiger partial charge is 0.366 e. The molecular formula is C14H12Cl2N4O. The predicted molar refractivity (Wildman–Crippen MR) is 83.1 cm³/mol. The molecule has 0 aliphatic heterocycles. The lowest BCUT2D eigenvalue weighted by atomic mass is 10.3. The lowest BCUT2D eigenvalue weighted by Crippen LogP contribution is -2.15. The molecule has 1 heterocycles.